The van der Waals surface area contributed by atoms with Crippen LogP contribution in [0.2, 0.25) is 0 Å². The second-order valence-electron chi connectivity index (χ2n) is 4.55. The molecule has 0 radical (unpaired) electrons. The van der Waals surface area contributed by atoms with Crippen molar-refractivity contribution >= 4 is 5.91 Å². The zero-order valence-corrected chi connectivity index (χ0v) is 11.4. The van der Waals surface area contributed by atoms with Crippen LogP contribution < -0.4 is 5.73 Å². The van der Waals surface area contributed by atoms with Crippen molar-refractivity contribution in [1.82, 2.24) is 4.90 Å². The average Bonchev–Trinajstić information content (AvgIpc) is 2.40. The highest BCUT2D eigenvalue weighted by Crippen LogP contribution is 2.04. The molecule has 18 heavy (non-hydrogen) atoms. The Bertz CT molecular complexity index is 351. The molecule has 0 bridgehead atoms. The lowest BCUT2D eigenvalue weighted by Crippen LogP contribution is -2.44. The monoisotopic (exact) mass is 248 g/mol. The molecule has 0 spiro atoms. The van der Waals surface area contributed by atoms with Gasteiger partial charge >= 0.3 is 0 Å². The second kappa shape index (κ2) is 7.88. The van der Waals surface area contributed by atoms with Crippen LogP contribution in [-0.4, -0.2) is 29.9 Å². The van der Waals surface area contributed by atoms with E-state index in [0.29, 0.717) is 0 Å². The lowest BCUT2D eigenvalue weighted by Gasteiger charge is -2.24. The third-order valence-electron chi connectivity index (χ3n) is 3.12. The van der Waals surface area contributed by atoms with E-state index >= 15 is 0 Å². The van der Waals surface area contributed by atoms with Crippen LogP contribution in [0.15, 0.2) is 30.3 Å². The number of likely N-dealkylation sites (N-methyl/N-ethyl adjacent to an activating group) is 1. The van der Waals surface area contributed by atoms with Gasteiger partial charge in [0.1, 0.15) is 0 Å². The number of carbonyl (C=O) groups excluding carboxylic acids is 1. The van der Waals surface area contributed by atoms with Crippen molar-refractivity contribution < 1.29 is 4.79 Å². The van der Waals surface area contributed by atoms with Gasteiger partial charge in [0.2, 0.25) is 5.91 Å². The van der Waals surface area contributed by atoms with E-state index in [1.807, 2.05) is 36.9 Å². The van der Waals surface area contributed by atoms with Crippen molar-refractivity contribution in [2.45, 2.75) is 39.2 Å². The fourth-order valence-electron chi connectivity index (χ4n) is 2.00. The molecular formula is C15H24N2O. The van der Waals surface area contributed by atoms with E-state index in [2.05, 4.69) is 12.1 Å². The number of carbonyl (C=O) groups is 1. The first-order valence-electron chi connectivity index (χ1n) is 6.77. The van der Waals surface area contributed by atoms with Crippen LogP contribution in [0.25, 0.3) is 0 Å². The molecule has 0 saturated carbocycles. The number of benzene rings is 1. The van der Waals surface area contributed by atoms with Gasteiger partial charge in [0.05, 0.1) is 6.04 Å². The van der Waals surface area contributed by atoms with Crippen molar-refractivity contribution in [2.24, 2.45) is 5.73 Å². The molecule has 0 heterocycles. The highest BCUT2D eigenvalue weighted by atomic mass is 16.2. The molecule has 1 rings (SSSR count). The third kappa shape index (κ3) is 4.49. The van der Waals surface area contributed by atoms with Crippen LogP contribution in [0.4, 0.5) is 0 Å². The predicted octanol–water partition coefficient (Wildman–Crippen LogP) is 2.21. The summed E-state index contributed by atoms with van der Waals surface area (Å²) in [5.74, 6) is 0.0790. The molecule has 1 unspecified atom stereocenters. The summed E-state index contributed by atoms with van der Waals surface area (Å²) in [7, 11) is 0. The van der Waals surface area contributed by atoms with Gasteiger partial charge in [-0.15, -0.1) is 0 Å². The lowest BCUT2D eigenvalue weighted by molar-refractivity contribution is -0.132. The van der Waals surface area contributed by atoms with Crippen LogP contribution >= 0.6 is 0 Å². The number of nitrogens with two attached hydrogens (primary N) is 1. The molecule has 3 nitrogen and oxygen atoms in total. The molecule has 0 aliphatic carbocycles. The Hall–Kier alpha value is -1.35. The molecular weight excluding hydrogens is 224 g/mol. The Kier molecular flexibility index (Phi) is 6.44. The summed E-state index contributed by atoms with van der Waals surface area (Å²) >= 11 is 0. The summed E-state index contributed by atoms with van der Waals surface area (Å²) in [6.45, 7) is 5.52. The summed E-state index contributed by atoms with van der Waals surface area (Å²) < 4.78 is 0. The van der Waals surface area contributed by atoms with Crippen molar-refractivity contribution in [3.63, 3.8) is 0 Å². The van der Waals surface area contributed by atoms with Crippen LogP contribution in [0.3, 0.4) is 0 Å². The van der Waals surface area contributed by atoms with Gasteiger partial charge in [0, 0.05) is 13.1 Å². The number of rotatable bonds is 7. The van der Waals surface area contributed by atoms with E-state index in [-0.39, 0.29) is 11.9 Å². The minimum atomic E-state index is -0.342. The molecule has 2 N–H and O–H groups in total. The third-order valence-corrected chi connectivity index (χ3v) is 3.12. The van der Waals surface area contributed by atoms with Crippen molar-refractivity contribution in [3.8, 4) is 0 Å². The van der Waals surface area contributed by atoms with Gasteiger partial charge in [-0.25, -0.2) is 0 Å². The van der Waals surface area contributed by atoms with Gasteiger partial charge in [-0.3, -0.25) is 4.79 Å². The van der Waals surface area contributed by atoms with Crippen molar-refractivity contribution in [3.05, 3.63) is 35.9 Å². The highest BCUT2D eigenvalue weighted by Gasteiger charge is 2.18. The zero-order chi connectivity index (χ0) is 13.4. The van der Waals surface area contributed by atoms with E-state index in [1.165, 1.54) is 5.56 Å². The van der Waals surface area contributed by atoms with Gasteiger partial charge in [0.25, 0.3) is 0 Å². The number of hydrogen-bond donors (Lipinski definition) is 1. The quantitative estimate of drug-likeness (QED) is 0.804. The maximum absolute atomic E-state index is 12.1. The van der Waals surface area contributed by atoms with E-state index in [1.54, 1.807) is 0 Å². The highest BCUT2D eigenvalue weighted by molar-refractivity contribution is 5.81. The van der Waals surface area contributed by atoms with Crippen molar-refractivity contribution in [2.75, 3.05) is 13.1 Å². The first-order chi connectivity index (χ1) is 8.69. The Morgan fingerprint density at radius 1 is 1.28 bits per heavy atom. The Morgan fingerprint density at radius 3 is 2.50 bits per heavy atom. The molecule has 1 atom stereocenters. The number of amides is 1. The fraction of sp³-hybridized carbons (Fsp3) is 0.533. The largest absolute Gasteiger partial charge is 0.341 e. The summed E-state index contributed by atoms with van der Waals surface area (Å²) in [6.07, 6.45) is 2.60. The molecule has 0 aliphatic rings. The minimum Gasteiger partial charge on any atom is -0.341 e. The maximum Gasteiger partial charge on any atom is 0.239 e. The number of hydrogen-bond acceptors (Lipinski definition) is 2. The Balaban J connectivity index is 2.49. The van der Waals surface area contributed by atoms with Gasteiger partial charge in [-0.05, 0) is 25.3 Å². The molecule has 1 aromatic carbocycles. The molecule has 1 aromatic rings. The van der Waals surface area contributed by atoms with Gasteiger partial charge < -0.3 is 10.6 Å². The minimum absolute atomic E-state index is 0.0790. The topological polar surface area (TPSA) is 46.3 Å². The van der Waals surface area contributed by atoms with E-state index < -0.39 is 0 Å². The average molecular weight is 248 g/mol. The van der Waals surface area contributed by atoms with E-state index in [9.17, 15) is 4.79 Å². The fourth-order valence-corrected chi connectivity index (χ4v) is 2.00. The zero-order valence-electron chi connectivity index (χ0n) is 11.4. The lowest BCUT2D eigenvalue weighted by atomic mass is 10.1. The number of nitrogens with zero attached hydrogens (tertiary/aromatic N) is 1. The summed E-state index contributed by atoms with van der Waals surface area (Å²) in [4.78, 5) is 13.9. The van der Waals surface area contributed by atoms with Gasteiger partial charge in [0.15, 0.2) is 0 Å². The molecule has 1 amide bonds. The smallest absolute Gasteiger partial charge is 0.239 e. The van der Waals surface area contributed by atoms with Crippen LogP contribution in [0, 0.1) is 0 Å². The van der Waals surface area contributed by atoms with E-state index in [4.69, 9.17) is 5.73 Å². The van der Waals surface area contributed by atoms with Crippen LogP contribution in [-0.2, 0) is 11.2 Å². The molecule has 0 aromatic heterocycles. The second-order valence-corrected chi connectivity index (χ2v) is 4.55. The Morgan fingerprint density at radius 2 is 1.94 bits per heavy atom. The Labute approximate surface area is 110 Å². The molecule has 3 heteroatoms. The molecule has 0 aliphatic heterocycles. The maximum atomic E-state index is 12.1. The molecule has 0 fully saturated rings. The van der Waals surface area contributed by atoms with E-state index in [0.717, 1.165) is 32.4 Å². The van der Waals surface area contributed by atoms with Crippen LogP contribution in [0.5, 0.6) is 0 Å². The molecule has 0 saturated heterocycles. The van der Waals surface area contributed by atoms with Crippen molar-refractivity contribution in [1.29, 1.82) is 0 Å². The first kappa shape index (κ1) is 14.7. The van der Waals surface area contributed by atoms with Crippen LogP contribution in [0.1, 0.15) is 32.3 Å². The summed E-state index contributed by atoms with van der Waals surface area (Å²) in [6, 6.07) is 9.88. The molecule has 100 valence electrons. The summed E-state index contributed by atoms with van der Waals surface area (Å²) in [5.41, 5.74) is 7.14. The standard InChI is InChI=1S/C15H24N2O/c1-3-8-14(16)15(18)17(4-2)12-11-13-9-6-5-7-10-13/h5-7,9-10,14H,3-4,8,11-12,16H2,1-2H3. The summed E-state index contributed by atoms with van der Waals surface area (Å²) in [5, 5.41) is 0. The van der Waals surface area contributed by atoms with Gasteiger partial charge in [-0.2, -0.15) is 0 Å². The SMILES string of the molecule is CCCC(N)C(=O)N(CC)CCc1ccccc1. The first-order valence-corrected chi connectivity index (χ1v) is 6.77. The van der Waals surface area contributed by atoms with Gasteiger partial charge in [-0.1, -0.05) is 43.7 Å². The predicted molar refractivity (Wildman–Crippen MR) is 75.3 cm³/mol. The normalized spacial score (nSPS) is 12.2.